The van der Waals surface area contributed by atoms with Crippen LogP contribution in [0.4, 0.5) is 4.39 Å². The molecule has 0 amide bonds. The quantitative estimate of drug-likeness (QED) is 0.918. The maximum absolute atomic E-state index is 13.7. The summed E-state index contributed by atoms with van der Waals surface area (Å²) in [5.74, 6) is -0.121. The first-order valence-electron chi connectivity index (χ1n) is 6.97. The summed E-state index contributed by atoms with van der Waals surface area (Å²) in [6.07, 6.45) is 5.50. The molecule has 0 aromatic heterocycles. The minimum absolute atomic E-state index is 0.121. The molecule has 19 heavy (non-hydrogen) atoms. The van der Waals surface area contributed by atoms with Crippen LogP contribution in [0.1, 0.15) is 31.2 Å². The van der Waals surface area contributed by atoms with Crippen molar-refractivity contribution in [3.05, 3.63) is 34.1 Å². The molecule has 0 heterocycles. The van der Waals surface area contributed by atoms with Crippen LogP contribution in [0.5, 0.6) is 0 Å². The Bertz CT molecular complexity index is 425. The second-order valence-corrected chi connectivity index (χ2v) is 6.40. The standard InChI is InChI=1S/C15H22BrFN2/c1-19(15-5-3-2-4-14(15)18)9-8-11-10-12(16)6-7-13(11)17/h6-7,10,14-15H,2-5,8-9,18H2,1H3. The van der Waals surface area contributed by atoms with Gasteiger partial charge in [0.15, 0.2) is 0 Å². The Kier molecular flexibility index (Phi) is 5.37. The maximum atomic E-state index is 13.7. The fourth-order valence-electron chi connectivity index (χ4n) is 2.88. The Morgan fingerprint density at radius 2 is 2.11 bits per heavy atom. The summed E-state index contributed by atoms with van der Waals surface area (Å²) in [5, 5.41) is 0. The highest BCUT2D eigenvalue weighted by atomic mass is 79.9. The van der Waals surface area contributed by atoms with Crippen LogP contribution in [0.3, 0.4) is 0 Å². The molecule has 1 aromatic carbocycles. The van der Waals surface area contributed by atoms with Crippen molar-refractivity contribution in [1.82, 2.24) is 4.90 Å². The topological polar surface area (TPSA) is 29.3 Å². The van der Waals surface area contributed by atoms with Gasteiger partial charge in [0, 0.05) is 23.1 Å². The summed E-state index contributed by atoms with van der Waals surface area (Å²) >= 11 is 3.39. The molecule has 1 aliphatic carbocycles. The zero-order valence-corrected chi connectivity index (χ0v) is 13.0. The summed E-state index contributed by atoms with van der Waals surface area (Å²) in [6.45, 7) is 0.853. The van der Waals surface area contributed by atoms with Gasteiger partial charge < -0.3 is 10.6 Å². The lowest BCUT2D eigenvalue weighted by molar-refractivity contribution is 0.170. The van der Waals surface area contributed by atoms with Gasteiger partial charge in [-0.2, -0.15) is 0 Å². The third-order valence-electron chi connectivity index (χ3n) is 4.09. The van der Waals surface area contributed by atoms with Crippen molar-refractivity contribution < 1.29 is 4.39 Å². The van der Waals surface area contributed by atoms with Crippen molar-refractivity contribution >= 4 is 15.9 Å². The third kappa shape index (κ3) is 4.01. The minimum atomic E-state index is -0.121. The van der Waals surface area contributed by atoms with Crippen LogP contribution in [0.15, 0.2) is 22.7 Å². The van der Waals surface area contributed by atoms with Gasteiger partial charge in [-0.05, 0) is 50.1 Å². The van der Waals surface area contributed by atoms with Gasteiger partial charge in [-0.1, -0.05) is 28.8 Å². The lowest BCUT2D eigenvalue weighted by atomic mass is 9.90. The number of likely N-dealkylation sites (N-methyl/N-ethyl adjacent to an activating group) is 1. The van der Waals surface area contributed by atoms with Crippen LogP contribution in [0.2, 0.25) is 0 Å². The van der Waals surface area contributed by atoms with E-state index in [4.69, 9.17) is 5.73 Å². The van der Waals surface area contributed by atoms with Gasteiger partial charge in [0.1, 0.15) is 5.82 Å². The molecular weight excluding hydrogens is 307 g/mol. The first-order chi connectivity index (χ1) is 9.08. The second kappa shape index (κ2) is 6.82. The predicted octanol–water partition coefficient (Wildman–Crippen LogP) is 3.33. The van der Waals surface area contributed by atoms with Crippen LogP contribution in [0.25, 0.3) is 0 Å². The summed E-state index contributed by atoms with van der Waals surface area (Å²) in [7, 11) is 2.10. The largest absolute Gasteiger partial charge is 0.326 e. The Labute approximate surface area is 123 Å². The Balaban J connectivity index is 1.92. The summed E-state index contributed by atoms with van der Waals surface area (Å²) in [4.78, 5) is 2.30. The zero-order valence-electron chi connectivity index (χ0n) is 11.4. The third-order valence-corrected chi connectivity index (χ3v) is 4.58. The molecule has 1 fully saturated rings. The number of halogens is 2. The Morgan fingerprint density at radius 3 is 2.84 bits per heavy atom. The van der Waals surface area contributed by atoms with Crippen LogP contribution >= 0.6 is 15.9 Å². The van der Waals surface area contributed by atoms with Crippen LogP contribution < -0.4 is 5.73 Å². The maximum Gasteiger partial charge on any atom is 0.126 e. The van der Waals surface area contributed by atoms with Crippen LogP contribution in [0, 0.1) is 5.82 Å². The van der Waals surface area contributed by atoms with Crippen molar-refractivity contribution in [3.63, 3.8) is 0 Å². The first-order valence-corrected chi connectivity index (χ1v) is 7.77. The molecule has 1 aliphatic rings. The number of hydrogen-bond acceptors (Lipinski definition) is 2. The highest BCUT2D eigenvalue weighted by Crippen LogP contribution is 2.22. The van der Waals surface area contributed by atoms with Gasteiger partial charge in [-0.25, -0.2) is 4.39 Å². The van der Waals surface area contributed by atoms with E-state index in [9.17, 15) is 4.39 Å². The molecule has 2 nitrogen and oxygen atoms in total. The van der Waals surface area contributed by atoms with Crippen molar-refractivity contribution in [3.8, 4) is 0 Å². The Morgan fingerprint density at radius 1 is 1.37 bits per heavy atom. The molecular formula is C15H22BrFN2. The molecule has 2 atom stereocenters. The van der Waals surface area contributed by atoms with E-state index < -0.39 is 0 Å². The predicted molar refractivity (Wildman–Crippen MR) is 80.7 cm³/mol. The van der Waals surface area contributed by atoms with E-state index in [0.717, 1.165) is 29.4 Å². The van der Waals surface area contributed by atoms with E-state index >= 15 is 0 Å². The lowest BCUT2D eigenvalue weighted by Crippen LogP contribution is -2.48. The highest BCUT2D eigenvalue weighted by molar-refractivity contribution is 9.10. The van der Waals surface area contributed by atoms with E-state index in [1.54, 1.807) is 6.07 Å². The van der Waals surface area contributed by atoms with Gasteiger partial charge in [0.2, 0.25) is 0 Å². The molecule has 0 spiro atoms. The molecule has 106 valence electrons. The lowest BCUT2D eigenvalue weighted by Gasteiger charge is -2.36. The van der Waals surface area contributed by atoms with E-state index in [1.807, 2.05) is 6.07 Å². The minimum Gasteiger partial charge on any atom is -0.326 e. The number of rotatable bonds is 4. The normalized spacial score (nSPS) is 23.8. The summed E-state index contributed by atoms with van der Waals surface area (Å²) in [6, 6.07) is 5.84. The molecule has 0 saturated heterocycles. The van der Waals surface area contributed by atoms with Gasteiger partial charge in [-0.15, -0.1) is 0 Å². The summed E-state index contributed by atoms with van der Waals surface area (Å²) < 4.78 is 14.6. The molecule has 2 N–H and O–H groups in total. The molecule has 4 heteroatoms. The van der Waals surface area contributed by atoms with Gasteiger partial charge in [0.25, 0.3) is 0 Å². The Hall–Kier alpha value is -0.450. The number of benzene rings is 1. The summed E-state index contributed by atoms with van der Waals surface area (Å²) in [5.41, 5.74) is 6.95. The molecule has 0 bridgehead atoms. The van der Waals surface area contributed by atoms with Crippen molar-refractivity contribution in [2.75, 3.05) is 13.6 Å². The number of hydrogen-bond donors (Lipinski definition) is 1. The molecule has 1 aromatic rings. The van der Waals surface area contributed by atoms with E-state index in [1.165, 1.54) is 25.3 Å². The molecule has 2 unspecified atom stereocenters. The number of nitrogens with two attached hydrogens (primary N) is 1. The molecule has 2 rings (SSSR count). The fraction of sp³-hybridized carbons (Fsp3) is 0.600. The zero-order chi connectivity index (χ0) is 13.8. The molecule has 0 aliphatic heterocycles. The first kappa shape index (κ1) is 14.9. The average molecular weight is 329 g/mol. The van der Waals surface area contributed by atoms with Crippen molar-refractivity contribution in [2.45, 2.75) is 44.2 Å². The van der Waals surface area contributed by atoms with E-state index in [-0.39, 0.29) is 11.9 Å². The monoisotopic (exact) mass is 328 g/mol. The second-order valence-electron chi connectivity index (χ2n) is 5.48. The van der Waals surface area contributed by atoms with Crippen LogP contribution in [-0.4, -0.2) is 30.6 Å². The van der Waals surface area contributed by atoms with Gasteiger partial charge in [-0.3, -0.25) is 0 Å². The fourth-order valence-corrected chi connectivity index (χ4v) is 3.29. The number of nitrogens with zero attached hydrogens (tertiary/aromatic N) is 1. The smallest absolute Gasteiger partial charge is 0.126 e. The van der Waals surface area contributed by atoms with E-state index in [0.29, 0.717) is 6.04 Å². The average Bonchev–Trinajstić information content (AvgIpc) is 2.40. The molecule has 0 radical (unpaired) electrons. The van der Waals surface area contributed by atoms with Crippen molar-refractivity contribution in [1.29, 1.82) is 0 Å². The van der Waals surface area contributed by atoms with Gasteiger partial charge in [0.05, 0.1) is 0 Å². The van der Waals surface area contributed by atoms with Gasteiger partial charge >= 0.3 is 0 Å². The molecule has 1 saturated carbocycles. The van der Waals surface area contributed by atoms with E-state index in [2.05, 4.69) is 27.9 Å². The van der Waals surface area contributed by atoms with Crippen molar-refractivity contribution in [2.24, 2.45) is 5.73 Å². The van der Waals surface area contributed by atoms with Crippen LogP contribution in [-0.2, 0) is 6.42 Å². The highest BCUT2D eigenvalue weighted by Gasteiger charge is 2.25. The SMILES string of the molecule is CN(CCc1cc(Br)ccc1F)C1CCCCC1N.